The van der Waals surface area contributed by atoms with E-state index in [4.69, 9.17) is 9.72 Å². The smallest absolute Gasteiger partial charge is 0.263 e. The van der Waals surface area contributed by atoms with Crippen LogP contribution in [-0.2, 0) is 17.9 Å². The fourth-order valence-corrected chi connectivity index (χ4v) is 5.62. The molecule has 4 aromatic rings. The minimum atomic E-state index is -1.68. The molecule has 0 fully saturated rings. The van der Waals surface area contributed by atoms with Gasteiger partial charge in [-0.2, -0.15) is 0 Å². The Kier molecular flexibility index (Phi) is 6.26. The molecular weight excluding hydrogens is 506 g/mol. The lowest BCUT2D eigenvalue weighted by Crippen LogP contribution is -2.27. The second-order valence-corrected chi connectivity index (χ2v) is 20.4. The van der Waals surface area contributed by atoms with E-state index in [0.717, 1.165) is 37.8 Å². The van der Waals surface area contributed by atoms with Crippen molar-refractivity contribution in [3.8, 4) is 11.5 Å². The van der Waals surface area contributed by atoms with Crippen LogP contribution in [0.25, 0.3) is 32.5 Å². The molecule has 172 valence electrons. The summed E-state index contributed by atoms with van der Waals surface area (Å²) in [6.07, 6.45) is 11.9. The van der Waals surface area contributed by atoms with Gasteiger partial charge in [0, 0.05) is 10.7 Å². The first-order valence-corrected chi connectivity index (χ1v) is 16.5. The highest BCUT2D eigenvalue weighted by atomic mass is 79.9. The van der Waals surface area contributed by atoms with E-state index in [1.54, 1.807) is 15.9 Å². The van der Waals surface area contributed by atoms with Gasteiger partial charge in [-0.15, -0.1) is 11.3 Å². The minimum absolute atomic E-state index is 0.105. The molecule has 0 N–H and O–H groups in total. The molecule has 0 radical (unpaired) electrons. The van der Waals surface area contributed by atoms with Crippen LogP contribution < -0.4 is 5.56 Å². The van der Waals surface area contributed by atoms with Crippen LogP contribution in [0.4, 0.5) is 0 Å². The summed E-state index contributed by atoms with van der Waals surface area (Å²) < 4.78 is 9.65. The number of nitrogens with zero attached hydrogens (tertiary/aromatic N) is 3. The van der Waals surface area contributed by atoms with E-state index in [2.05, 4.69) is 58.9 Å². The predicted octanol–water partition coefficient (Wildman–Crippen LogP) is 5.56. The standard InChI is InChI=1S/C24H30BrN3O2S2/c1-6-16-11-18(25)13-19-22(16)27-23(20-12-17-7-9-31-21(17)14-26-20)28(24(19)29)15-30-8-10-32(2,3,4)5/h7,9,11-14,32H,6,8,10,15H2,1-5H3. The summed E-state index contributed by atoms with van der Waals surface area (Å²) in [5, 5.41) is 3.74. The molecule has 32 heavy (non-hydrogen) atoms. The van der Waals surface area contributed by atoms with Crippen LogP contribution >= 0.6 is 36.4 Å². The SMILES string of the molecule is CCc1cc(Br)cc2c(=O)n(COCC[SH](C)(C)(C)C)c(-c3cc4ccsc4cn3)nc12. The second-order valence-electron chi connectivity index (χ2n) is 10.2. The van der Waals surface area contributed by atoms with E-state index in [1.165, 1.54) is 0 Å². The van der Waals surface area contributed by atoms with E-state index in [9.17, 15) is 4.79 Å². The summed E-state index contributed by atoms with van der Waals surface area (Å²) in [4.78, 5) is 23.2. The molecule has 4 rings (SSSR count). The number of hydrogen-bond donors (Lipinski definition) is 1. The lowest BCUT2D eigenvalue weighted by atomic mass is 10.1. The summed E-state index contributed by atoms with van der Waals surface area (Å²) >= 11 is 5.20. The zero-order valence-electron chi connectivity index (χ0n) is 19.2. The van der Waals surface area contributed by atoms with E-state index < -0.39 is 9.16 Å². The minimum Gasteiger partial charge on any atom is -0.360 e. The third-order valence-electron chi connectivity index (χ3n) is 5.40. The molecule has 5 nitrogen and oxygen atoms in total. The molecule has 0 atom stereocenters. The Hall–Kier alpha value is -1.74. The van der Waals surface area contributed by atoms with Gasteiger partial charge in [-0.3, -0.25) is 23.5 Å². The number of rotatable bonds is 7. The Morgan fingerprint density at radius 1 is 1.19 bits per heavy atom. The van der Waals surface area contributed by atoms with Crippen molar-refractivity contribution in [1.29, 1.82) is 0 Å². The maximum absolute atomic E-state index is 13.6. The molecular formula is C24H30BrN3O2S2. The first-order valence-electron chi connectivity index (χ1n) is 10.7. The van der Waals surface area contributed by atoms with Crippen molar-refractivity contribution in [2.75, 3.05) is 37.4 Å². The Bertz CT molecular complexity index is 1360. The molecule has 1 aromatic carbocycles. The Morgan fingerprint density at radius 2 is 1.97 bits per heavy atom. The molecule has 0 saturated heterocycles. The summed E-state index contributed by atoms with van der Waals surface area (Å²) in [6.45, 7) is 2.84. The number of aryl methyl sites for hydroxylation is 1. The zero-order valence-corrected chi connectivity index (χ0v) is 22.5. The van der Waals surface area contributed by atoms with Gasteiger partial charge in [0.05, 0.1) is 22.2 Å². The molecule has 0 bridgehead atoms. The third kappa shape index (κ3) is 5.09. The number of fused-ring (bicyclic) bond motifs is 2. The maximum Gasteiger partial charge on any atom is 0.263 e. The quantitative estimate of drug-likeness (QED) is 0.248. The fraction of sp³-hybridized carbons (Fsp3) is 0.375. The Labute approximate surface area is 201 Å². The highest BCUT2D eigenvalue weighted by Gasteiger charge is 2.20. The lowest BCUT2D eigenvalue weighted by Gasteiger charge is -2.46. The number of ether oxygens (including phenoxy) is 1. The molecule has 0 aliphatic rings. The van der Waals surface area contributed by atoms with Crippen molar-refractivity contribution in [2.24, 2.45) is 0 Å². The molecule has 0 amide bonds. The average Bonchev–Trinajstić information content (AvgIpc) is 3.18. The Morgan fingerprint density at radius 3 is 2.69 bits per heavy atom. The maximum atomic E-state index is 13.6. The molecule has 0 saturated carbocycles. The van der Waals surface area contributed by atoms with Crippen molar-refractivity contribution >= 4 is 57.4 Å². The highest BCUT2D eigenvalue weighted by molar-refractivity contribution is 9.10. The zero-order chi connectivity index (χ0) is 23.1. The predicted molar refractivity (Wildman–Crippen MR) is 145 cm³/mol. The van der Waals surface area contributed by atoms with Gasteiger partial charge in [0.15, 0.2) is 5.82 Å². The fourth-order valence-electron chi connectivity index (χ4n) is 3.52. The average molecular weight is 537 g/mol. The molecule has 3 aromatic heterocycles. The van der Waals surface area contributed by atoms with Crippen molar-refractivity contribution < 1.29 is 4.74 Å². The van der Waals surface area contributed by atoms with Gasteiger partial charge in [0.1, 0.15) is 12.4 Å². The van der Waals surface area contributed by atoms with Crippen LogP contribution in [0.5, 0.6) is 0 Å². The van der Waals surface area contributed by atoms with Crippen LogP contribution in [0.15, 0.2) is 45.1 Å². The molecule has 3 heterocycles. The van der Waals surface area contributed by atoms with E-state index in [-0.39, 0.29) is 12.3 Å². The number of aromatic nitrogens is 3. The molecule has 0 aliphatic heterocycles. The lowest BCUT2D eigenvalue weighted by molar-refractivity contribution is 0.0879. The highest BCUT2D eigenvalue weighted by Crippen LogP contribution is 2.54. The molecule has 0 aliphatic carbocycles. The number of hydrogen-bond acceptors (Lipinski definition) is 5. The van der Waals surface area contributed by atoms with Gasteiger partial charge in [0.25, 0.3) is 5.56 Å². The summed E-state index contributed by atoms with van der Waals surface area (Å²) in [6, 6.07) is 7.95. The summed E-state index contributed by atoms with van der Waals surface area (Å²) in [7, 11) is -1.68. The van der Waals surface area contributed by atoms with Crippen LogP contribution in [0.1, 0.15) is 12.5 Å². The van der Waals surface area contributed by atoms with Crippen molar-refractivity contribution in [2.45, 2.75) is 20.1 Å². The van der Waals surface area contributed by atoms with Crippen LogP contribution in [-0.4, -0.2) is 51.9 Å². The Balaban J connectivity index is 1.84. The number of halogens is 1. The summed E-state index contributed by atoms with van der Waals surface area (Å²) in [5.74, 6) is 1.55. The monoisotopic (exact) mass is 535 g/mol. The summed E-state index contributed by atoms with van der Waals surface area (Å²) in [5.41, 5.74) is 2.34. The van der Waals surface area contributed by atoms with Gasteiger partial charge in [-0.1, -0.05) is 22.9 Å². The number of pyridine rings is 1. The van der Waals surface area contributed by atoms with E-state index >= 15 is 0 Å². The first kappa shape index (κ1) is 23.4. The second kappa shape index (κ2) is 8.56. The van der Waals surface area contributed by atoms with E-state index in [0.29, 0.717) is 23.5 Å². The van der Waals surface area contributed by atoms with Crippen molar-refractivity contribution in [1.82, 2.24) is 14.5 Å². The van der Waals surface area contributed by atoms with Gasteiger partial charge >= 0.3 is 0 Å². The van der Waals surface area contributed by atoms with Crippen molar-refractivity contribution in [3.05, 3.63) is 56.2 Å². The van der Waals surface area contributed by atoms with Gasteiger partial charge in [-0.05, 0) is 77.8 Å². The van der Waals surface area contributed by atoms with Crippen LogP contribution in [0.2, 0.25) is 0 Å². The van der Waals surface area contributed by atoms with Gasteiger partial charge in [-0.25, -0.2) is 4.98 Å². The van der Waals surface area contributed by atoms with Gasteiger partial charge in [0.2, 0.25) is 0 Å². The first-order chi connectivity index (χ1) is 15.0. The topological polar surface area (TPSA) is 57.0 Å². The number of benzene rings is 1. The van der Waals surface area contributed by atoms with Crippen LogP contribution in [0.3, 0.4) is 0 Å². The normalized spacial score (nSPS) is 13.5. The van der Waals surface area contributed by atoms with E-state index in [1.807, 2.05) is 29.8 Å². The van der Waals surface area contributed by atoms with Gasteiger partial charge < -0.3 is 4.74 Å². The number of thiophene rings is 1. The molecule has 0 unspecified atom stereocenters. The number of thiol groups is 1. The van der Waals surface area contributed by atoms with Crippen LogP contribution in [0, 0.1) is 0 Å². The molecule has 0 spiro atoms. The van der Waals surface area contributed by atoms with Crippen molar-refractivity contribution in [3.63, 3.8) is 0 Å². The third-order valence-corrected chi connectivity index (χ3v) is 8.70. The molecule has 8 heteroatoms. The largest absolute Gasteiger partial charge is 0.360 e.